The molecule has 0 saturated carbocycles. The Morgan fingerprint density at radius 2 is 1.78 bits per heavy atom. The van der Waals surface area contributed by atoms with Crippen molar-refractivity contribution in [2.24, 2.45) is 5.73 Å². The molecule has 1 aromatic carbocycles. The lowest BCUT2D eigenvalue weighted by molar-refractivity contribution is -0.898. The molecule has 0 aromatic heterocycles. The molecule has 0 aliphatic carbocycles. The van der Waals surface area contributed by atoms with E-state index < -0.39 is 15.7 Å². The summed E-state index contributed by atoms with van der Waals surface area (Å²) < 4.78 is 23.7. The first-order valence-corrected chi connectivity index (χ1v) is 9.54. The van der Waals surface area contributed by atoms with Gasteiger partial charge in [-0.1, -0.05) is 0 Å². The molecule has 1 saturated heterocycles. The molecule has 1 aromatic rings. The number of carbonyl (C=O) groups excluding carboxylic acids is 1. The highest BCUT2D eigenvalue weighted by atomic mass is 32.2. The maximum absolute atomic E-state index is 11.8. The third-order valence-corrected chi connectivity index (χ3v) is 5.76. The Morgan fingerprint density at radius 1 is 1.17 bits per heavy atom. The Labute approximate surface area is 136 Å². The summed E-state index contributed by atoms with van der Waals surface area (Å²) in [5.41, 5.74) is 6.05. The molecule has 8 heteroatoms. The summed E-state index contributed by atoms with van der Waals surface area (Å²) in [5.74, 6) is -0.396. The summed E-state index contributed by atoms with van der Waals surface area (Å²) in [5, 5.41) is 9.31. The minimum Gasteiger partial charge on any atom is -0.508 e. The fourth-order valence-electron chi connectivity index (χ4n) is 2.65. The molecule has 4 N–H and O–H groups in total. The number of carbonyl (C=O) groups is 1. The molecule has 128 valence electrons. The minimum absolute atomic E-state index is 0.0921. The lowest BCUT2D eigenvalue weighted by atomic mass is 10.2. The number of benzene rings is 1. The second-order valence-electron chi connectivity index (χ2n) is 5.87. The number of phenolic OH excluding ortho intramolecular Hbond substituents is 1. The Hall–Kier alpha value is -1.80. The lowest BCUT2D eigenvalue weighted by Gasteiger charge is -2.33. The number of nitrogens with two attached hydrogens (primary N) is 1. The normalized spacial score (nSPS) is 16.4. The fraction of sp³-hybridized carbons (Fsp3) is 0.533. The van der Waals surface area contributed by atoms with E-state index >= 15 is 0 Å². The van der Waals surface area contributed by atoms with Gasteiger partial charge in [0.05, 0.1) is 44.2 Å². The van der Waals surface area contributed by atoms with Gasteiger partial charge in [-0.2, -0.15) is 0 Å². The second kappa shape index (κ2) is 7.65. The highest BCUT2D eigenvalue weighted by Crippen LogP contribution is 2.18. The number of hydrogen-bond acceptors (Lipinski definition) is 5. The maximum atomic E-state index is 11.8. The van der Waals surface area contributed by atoms with Crippen molar-refractivity contribution in [1.29, 1.82) is 0 Å². The summed E-state index contributed by atoms with van der Waals surface area (Å²) in [7, 11) is -3.21. The molecule has 1 aliphatic rings. The molecule has 1 fully saturated rings. The van der Waals surface area contributed by atoms with Crippen LogP contribution >= 0.6 is 0 Å². The number of primary amides is 1. The van der Waals surface area contributed by atoms with Gasteiger partial charge in [-0.05, 0) is 24.3 Å². The highest BCUT2D eigenvalue weighted by molar-refractivity contribution is 7.91. The molecule has 0 atom stereocenters. The second-order valence-corrected chi connectivity index (χ2v) is 8.18. The van der Waals surface area contributed by atoms with Crippen LogP contribution < -0.4 is 15.5 Å². The molecule has 1 heterocycles. The van der Waals surface area contributed by atoms with Crippen LogP contribution in [-0.2, 0) is 14.6 Å². The number of phenols is 1. The topological polar surface area (TPSA) is 105 Å². The summed E-state index contributed by atoms with van der Waals surface area (Å²) in [6.07, 6.45) is -0.105. The van der Waals surface area contributed by atoms with Gasteiger partial charge in [0.25, 0.3) is 0 Å². The predicted molar refractivity (Wildman–Crippen MR) is 88.3 cm³/mol. The third-order valence-electron chi connectivity index (χ3n) is 4.11. The number of piperazine rings is 1. The Balaban J connectivity index is 1.76. The Bertz CT molecular complexity index is 623. The highest BCUT2D eigenvalue weighted by Gasteiger charge is 2.22. The van der Waals surface area contributed by atoms with Crippen LogP contribution in [0.5, 0.6) is 5.75 Å². The average Bonchev–Trinajstić information content (AvgIpc) is 2.53. The van der Waals surface area contributed by atoms with Crippen LogP contribution in [0, 0.1) is 0 Å². The van der Waals surface area contributed by atoms with Gasteiger partial charge in [0.2, 0.25) is 5.91 Å². The van der Waals surface area contributed by atoms with Gasteiger partial charge in [0.15, 0.2) is 9.84 Å². The number of quaternary nitrogens is 1. The summed E-state index contributed by atoms with van der Waals surface area (Å²) >= 11 is 0. The molecule has 0 unspecified atom stereocenters. The standard InChI is InChI=1S/C15H23N3O4S/c16-15(20)5-11-23(21,22)12-10-17-6-8-18(9-7-17)13-1-3-14(19)4-2-13/h1-4,19H,5-12H2,(H2,16,20)/p+1. The predicted octanol–water partition coefficient (Wildman–Crippen LogP) is -1.61. The first-order chi connectivity index (χ1) is 10.9. The smallest absolute Gasteiger partial charge is 0.218 e. The van der Waals surface area contributed by atoms with Gasteiger partial charge < -0.3 is 20.6 Å². The van der Waals surface area contributed by atoms with Crippen LogP contribution in [0.25, 0.3) is 0 Å². The summed E-state index contributed by atoms with van der Waals surface area (Å²) in [6.45, 7) is 3.99. The molecular formula is C15H24N3O4S+. The molecule has 7 nitrogen and oxygen atoms in total. The number of amides is 1. The van der Waals surface area contributed by atoms with Gasteiger partial charge in [-0.25, -0.2) is 8.42 Å². The largest absolute Gasteiger partial charge is 0.508 e. The summed E-state index contributed by atoms with van der Waals surface area (Å²) in [4.78, 5) is 14.2. The molecule has 0 spiro atoms. The van der Waals surface area contributed by atoms with Gasteiger partial charge >= 0.3 is 0 Å². The van der Waals surface area contributed by atoms with Gasteiger partial charge in [-0.3, -0.25) is 4.79 Å². The zero-order valence-electron chi connectivity index (χ0n) is 13.1. The van der Waals surface area contributed by atoms with E-state index in [0.29, 0.717) is 6.54 Å². The zero-order chi connectivity index (χ0) is 16.9. The van der Waals surface area contributed by atoms with Crippen molar-refractivity contribution >= 4 is 21.4 Å². The SMILES string of the molecule is NC(=O)CCS(=O)(=O)CC[NH+]1CCN(c2ccc(O)cc2)CC1. The number of aromatic hydroxyl groups is 1. The molecule has 0 radical (unpaired) electrons. The Morgan fingerprint density at radius 3 is 2.35 bits per heavy atom. The van der Waals surface area contributed by atoms with E-state index in [9.17, 15) is 18.3 Å². The van der Waals surface area contributed by atoms with Crippen molar-refractivity contribution in [1.82, 2.24) is 0 Å². The molecular weight excluding hydrogens is 318 g/mol. The van der Waals surface area contributed by atoms with E-state index in [0.717, 1.165) is 31.9 Å². The number of rotatable bonds is 7. The van der Waals surface area contributed by atoms with Gasteiger partial charge in [-0.15, -0.1) is 0 Å². The molecule has 1 amide bonds. The number of anilines is 1. The van der Waals surface area contributed by atoms with Crippen molar-refractivity contribution in [2.75, 3.05) is 49.1 Å². The first kappa shape index (κ1) is 17.6. The van der Waals surface area contributed by atoms with Crippen LogP contribution in [0.15, 0.2) is 24.3 Å². The number of nitrogens with one attached hydrogen (secondary N) is 1. The van der Waals surface area contributed by atoms with Gasteiger partial charge in [0, 0.05) is 12.1 Å². The zero-order valence-corrected chi connectivity index (χ0v) is 13.9. The van der Waals surface area contributed by atoms with Crippen molar-refractivity contribution < 1.29 is 23.2 Å². The molecule has 0 bridgehead atoms. The molecule has 23 heavy (non-hydrogen) atoms. The van der Waals surface area contributed by atoms with Crippen molar-refractivity contribution in [3.63, 3.8) is 0 Å². The van der Waals surface area contributed by atoms with E-state index in [4.69, 9.17) is 5.73 Å². The monoisotopic (exact) mass is 342 g/mol. The van der Waals surface area contributed by atoms with Crippen LogP contribution in [0.2, 0.25) is 0 Å². The lowest BCUT2D eigenvalue weighted by Crippen LogP contribution is -3.15. The quantitative estimate of drug-likeness (QED) is 0.553. The minimum atomic E-state index is -3.21. The van der Waals surface area contributed by atoms with E-state index in [1.165, 1.54) is 4.90 Å². The first-order valence-electron chi connectivity index (χ1n) is 7.72. The Kier molecular flexibility index (Phi) is 5.84. The molecule has 1 aliphatic heterocycles. The van der Waals surface area contributed by atoms with E-state index in [2.05, 4.69) is 4.90 Å². The maximum Gasteiger partial charge on any atom is 0.218 e. The van der Waals surface area contributed by atoms with E-state index in [1.807, 2.05) is 12.1 Å². The van der Waals surface area contributed by atoms with Gasteiger partial charge in [0.1, 0.15) is 5.75 Å². The van der Waals surface area contributed by atoms with E-state index in [-0.39, 0.29) is 23.7 Å². The van der Waals surface area contributed by atoms with Crippen molar-refractivity contribution in [3.8, 4) is 5.75 Å². The van der Waals surface area contributed by atoms with E-state index in [1.54, 1.807) is 12.1 Å². The number of sulfone groups is 1. The fourth-order valence-corrected chi connectivity index (χ4v) is 3.97. The van der Waals surface area contributed by atoms with Crippen LogP contribution in [0.4, 0.5) is 5.69 Å². The third kappa shape index (κ3) is 5.72. The average molecular weight is 342 g/mol. The number of hydrogen-bond donors (Lipinski definition) is 3. The van der Waals surface area contributed by atoms with Crippen LogP contribution in [0.3, 0.4) is 0 Å². The summed E-state index contributed by atoms with van der Waals surface area (Å²) in [6, 6.07) is 7.10. The number of nitrogens with zero attached hydrogens (tertiary/aromatic N) is 1. The molecule has 2 rings (SSSR count). The van der Waals surface area contributed by atoms with Crippen molar-refractivity contribution in [3.05, 3.63) is 24.3 Å². The van der Waals surface area contributed by atoms with Crippen LogP contribution in [0.1, 0.15) is 6.42 Å². The van der Waals surface area contributed by atoms with Crippen molar-refractivity contribution in [2.45, 2.75) is 6.42 Å². The van der Waals surface area contributed by atoms with Crippen LogP contribution in [-0.4, -0.2) is 63.7 Å².